The molecule has 100 valence electrons. The SMILES string of the molecule is N=C(C1CCCCC1)n1ccc(C#CSI)cc1=N. The van der Waals surface area contributed by atoms with Gasteiger partial charge < -0.3 is 0 Å². The zero-order valence-electron chi connectivity index (χ0n) is 10.6. The molecule has 1 aliphatic carbocycles. The number of aromatic nitrogens is 1. The molecule has 1 fully saturated rings. The van der Waals surface area contributed by atoms with E-state index in [1.165, 1.54) is 28.2 Å². The van der Waals surface area contributed by atoms with Gasteiger partial charge in [0.25, 0.3) is 0 Å². The van der Waals surface area contributed by atoms with E-state index in [-0.39, 0.29) is 0 Å². The Bertz CT molecular complexity index is 576. The van der Waals surface area contributed by atoms with Gasteiger partial charge in [0.05, 0.1) is 0 Å². The third-order valence-corrected chi connectivity index (χ3v) is 4.28. The highest BCUT2D eigenvalue weighted by atomic mass is 127. The topological polar surface area (TPSA) is 52.6 Å². The van der Waals surface area contributed by atoms with Crippen LogP contribution in [0.2, 0.25) is 0 Å². The van der Waals surface area contributed by atoms with Crippen molar-refractivity contribution in [1.82, 2.24) is 4.57 Å². The van der Waals surface area contributed by atoms with Gasteiger partial charge in [-0.3, -0.25) is 15.4 Å². The van der Waals surface area contributed by atoms with Crippen molar-refractivity contribution in [3.05, 3.63) is 29.4 Å². The van der Waals surface area contributed by atoms with Gasteiger partial charge in [-0.2, -0.15) is 0 Å². The lowest BCUT2D eigenvalue weighted by Gasteiger charge is -2.23. The second-order valence-electron chi connectivity index (χ2n) is 4.70. The van der Waals surface area contributed by atoms with Crippen molar-refractivity contribution in [2.45, 2.75) is 32.1 Å². The van der Waals surface area contributed by atoms with Crippen LogP contribution in [0.3, 0.4) is 0 Å². The van der Waals surface area contributed by atoms with Gasteiger partial charge in [-0.25, -0.2) is 0 Å². The van der Waals surface area contributed by atoms with Crippen LogP contribution in [0.25, 0.3) is 0 Å². The van der Waals surface area contributed by atoms with Gasteiger partial charge in [0, 0.05) is 38.9 Å². The van der Waals surface area contributed by atoms with E-state index in [1.807, 2.05) is 6.07 Å². The zero-order chi connectivity index (χ0) is 13.7. The van der Waals surface area contributed by atoms with Crippen LogP contribution in [0.15, 0.2) is 18.3 Å². The van der Waals surface area contributed by atoms with Crippen LogP contribution in [0.1, 0.15) is 37.7 Å². The monoisotopic (exact) mass is 385 g/mol. The molecule has 2 rings (SSSR count). The first-order valence-corrected chi connectivity index (χ1v) is 9.73. The van der Waals surface area contributed by atoms with Gasteiger partial charge in [-0.1, -0.05) is 25.2 Å². The van der Waals surface area contributed by atoms with Crippen molar-refractivity contribution in [3.8, 4) is 11.2 Å². The highest BCUT2D eigenvalue weighted by Crippen LogP contribution is 2.24. The number of pyridine rings is 1. The van der Waals surface area contributed by atoms with Crippen molar-refractivity contribution in [3.63, 3.8) is 0 Å². The maximum atomic E-state index is 8.28. The lowest BCUT2D eigenvalue weighted by molar-refractivity contribution is 0.430. The van der Waals surface area contributed by atoms with Crippen LogP contribution in [0.5, 0.6) is 0 Å². The summed E-state index contributed by atoms with van der Waals surface area (Å²) < 4.78 is 1.68. The van der Waals surface area contributed by atoms with Gasteiger partial charge in [-0.05, 0) is 39.2 Å². The second kappa shape index (κ2) is 7.15. The van der Waals surface area contributed by atoms with E-state index in [0.29, 0.717) is 17.2 Å². The van der Waals surface area contributed by atoms with E-state index >= 15 is 0 Å². The Morgan fingerprint density at radius 2 is 2.11 bits per heavy atom. The summed E-state index contributed by atoms with van der Waals surface area (Å²) in [5.74, 6) is 3.85. The molecule has 1 aromatic heterocycles. The van der Waals surface area contributed by atoms with Crippen LogP contribution in [0.4, 0.5) is 0 Å². The normalized spacial score (nSPS) is 15.6. The molecule has 0 spiro atoms. The first kappa shape index (κ1) is 14.7. The predicted molar refractivity (Wildman–Crippen MR) is 88.5 cm³/mol. The first-order chi connectivity index (χ1) is 9.22. The lowest BCUT2D eigenvalue weighted by atomic mass is 9.88. The summed E-state index contributed by atoms with van der Waals surface area (Å²) in [4.78, 5) is 0. The van der Waals surface area contributed by atoms with Crippen molar-refractivity contribution < 1.29 is 0 Å². The number of rotatable bonds is 1. The van der Waals surface area contributed by atoms with Crippen LogP contribution in [-0.4, -0.2) is 10.4 Å². The number of nitrogens with one attached hydrogen (secondary N) is 2. The molecule has 0 aliphatic heterocycles. The third kappa shape index (κ3) is 3.86. The molecule has 0 atom stereocenters. The molecule has 19 heavy (non-hydrogen) atoms. The third-order valence-electron chi connectivity index (χ3n) is 3.44. The highest BCUT2D eigenvalue weighted by Gasteiger charge is 2.19. The van der Waals surface area contributed by atoms with Gasteiger partial charge in [0.15, 0.2) is 0 Å². The number of hydrogen-bond acceptors (Lipinski definition) is 3. The van der Waals surface area contributed by atoms with E-state index in [4.69, 9.17) is 10.8 Å². The van der Waals surface area contributed by atoms with Crippen LogP contribution < -0.4 is 5.49 Å². The van der Waals surface area contributed by atoms with Crippen LogP contribution >= 0.6 is 30.1 Å². The highest BCUT2D eigenvalue weighted by molar-refractivity contribution is 14.2. The average molecular weight is 385 g/mol. The summed E-state index contributed by atoms with van der Waals surface area (Å²) >= 11 is 2.13. The number of halogens is 1. The van der Waals surface area contributed by atoms with Gasteiger partial charge >= 0.3 is 0 Å². The van der Waals surface area contributed by atoms with E-state index in [1.54, 1.807) is 16.8 Å². The Labute approximate surface area is 129 Å². The fraction of sp³-hybridized carbons (Fsp3) is 0.429. The van der Waals surface area contributed by atoms with E-state index < -0.39 is 0 Å². The molecule has 0 saturated heterocycles. The van der Waals surface area contributed by atoms with E-state index in [0.717, 1.165) is 18.4 Å². The number of hydrogen-bond donors (Lipinski definition) is 2. The summed E-state index contributed by atoms with van der Waals surface area (Å²) in [6.07, 6.45) is 7.66. The maximum absolute atomic E-state index is 8.28. The molecular formula is C14H16IN3S. The average Bonchev–Trinajstić information content (AvgIpc) is 2.45. The van der Waals surface area contributed by atoms with Gasteiger partial charge in [-0.15, -0.1) is 0 Å². The molecule has 0 amide bonds. The molecular weight excluding hydrogens is 369 g/mol. The molecule has 1 heterocycles. The Balaban J connectivity index is 2.20. The van der Waals surface area contributed by atoms with E-state index in [2.05, 4.69) is 32.4 Å². The molecule has 1 aliphatic rings. The first-order valence-electron chi connectivity index (χ1n) is 6.37. The number of nitrogens with zero attached hydrogens (tertiary/aromatic N) is 1. The molecule has 5 heteroatoms. The Morgan fingerprint density at radius 3 is 2.74 bits per heavy atom. The quantitative estimate of drug-likeness (QED) is 0.329. The minimum atomic E-state index is 0.310. The minimum Gasteiger partial charge on any atom is -0.290 e. The fourth-order valence-corrected chi connectivity index (χ4v) is 2.93. The van der Waals surface area contributed by atoms with Crippen LogP contribution in [0, 0.1) is 27.9 Å². The summed E-state index contributed by atoms with van der Waals surface area (Å²) in [6.45, 7) is 0. The second-order valence-corrected chi connectivity index (χ2v) is 6.37. The Kier molecular flexibility index (Phi) is 5.52. The Hall–Kier alpha value is -0.740. The molecule has 0 radical (unpaired) electrons. The summed E-state index contributed by atoms with van der Waals surface area (Å²) in [5.41, 5.74) is 1.18. The molecule has 3 nitrogen and oxygen atoms in total. The van der Waals surface area contributed by atoms with Crippen molar-refractivity contribution in [2.24, 2.45) is 5.92 Å². The van der Waals surface area contributed by atoms with Crippen LogP contribution in [-0.2, 0) is 0 Å². The standard InChI is InChI=1S/C14H16IN3S/c15-19-9-7-11-6-8-18(13(16)10-11)14(17)12-4-2-1-3-5-12/h6,8,10,12,16-17H,1-5H2. The smallest absolute Gasteiger partial charge is 0.131 e. The molecule has 2 N–H and O–H groups in total. The molecule has 1 saturated carbocycles. The van der Waals surface area contributed by atoms with Crippen molar-refractivity contribution in [1.29, 1.82) is 10.8 Å². The molecule has 0 bridgehead atoms. The molecule has 0 unspecified atom stereocenters. The minimum absolute atomic E-state index is 0.310. The lowest BCUT2D eigenvalue weighted by Crippen LogP contribution is -2.32. The zero-order valence-corrected chi connectivity index (χ0v) is 13.6. The Morgan fingerprint density at radius 1 is 1.37 bits per heavy atom. The van der Waals surface area contributed by atoms with Crippen molar-refractivity contribution in [2.75, 3.05) is 0 Å². The van der Waals surface area contributed by atoms with Gasteiger partial charge in [0.2, 0.25) is 0 Å². The van der Waals surface area contributed by atoms with Gasteiger partial charge in [0.1, 0.15) is 11.3 Å². The largest absolute Gasteiger partial charge is 0.290 e. The summed E-state index contributed by atoms with van der Waals surface area (Å²) in [6, 6.07) is 3.62. The van der Waals surface area contributed by atoms with Crippen molar-refractivity contribution >= 4 is 36.0 Å². The van der Waals surface area contributed by atoms with E-state index in [9.17, 15) is 0 Å². The summed E-state index contributed by atoms with van der Waals surface area (Å²) in [7, 11) is 1.43. The fourth-order valence-electron chi connectivity index (χ4n) is 2.44. The maximum Gasteiger partial charge on any atom is 0.131 e. The summed E-state index contributed by atoms with van der Waals surface area (Å²) in [5, 5.41) is 19.2. The molecule has 0 aromatic carbocycles. The molecule has 1 aromatic rings. The predicted octanol–water partition coefficient (Wildman–Crippen LogP) is 3.77.